The van der Waals surface area contributed by atoms with Gasteiger partial charge in [-0.25, -0.2) is 0 Å². The van der Waals surface area contributed by atoms with Crippen molar-refractivity contribution < 1.29 is 4.79 Å². The lowest BCUT2D eigenvalue weighted by Crippen LogP contribution is -2.36. The normalized spacial score (nSPS) is 13.7. The lowest BCUT2D eigenvalue weighted by Gasteiger charge is -2.25. The minimum absolute atomic E-state index is 0.0656. The predicted molar refractivity (Wildman–Crippen MR) is 91.0 cm³/mol. The van der Waals surface area contributed by atoms with Crippen molar-refractivity contribution in [3.8, 4) is 0 Å². The molecule has 21 heavy (non-hydrogen) atoms. The van der Waals surface area contributed by atoms with E-state index in [4.69, 9.17) is 5.73 Å². The van der Waals surface area contributed by atoms with Gasteiger partial charge in [0.25, 0.3) is 0 Å². The van der Waals surface area contributed by atoms with Gasteiger partial charge in [0.1, 0.15) is 0 Å². The molecule has 0 fully saturated rings. The molecule has 3 nitrogen and oxygen atoms in total. The van der Waals surface area contributed by atoms with E-state index in [0.29, 0.717) is 6.54 Å². The molecule has 1 amide bonds. The average molecular weight is 367 g/mol. The average Bonchev–Trinajstić information content (AvgIpc) is 2.90. The maximum absolute atomic E-state index is 12.5. The molecule has 0 aliphatic heterocycles. The van der Waals surface area contributed by atoms with Gasteiger partial charge in [0.15, 0.2) is 0 Å². The van der Waals surface area contributed by atoms with Crippen molar-refractivity contribution in [1.29, 1.82) is 0 Å². The molecule has 2 aromatic rings. The molecule has 0 radical (unpaired) electrons. The van der Waals surface area contributed by atoms with Gasteiger partial charge >= 0.3 is 0 Å². The molecule has 0 saturated heterocycles. The fourth-order valence-corrected chi connectivity index (χ4v) is 3.75. The zero-order valence-electron chi connectivity index (χ0n) is 12.1. The Labute approximate surface area is 137 Å². The van der Waals surface area contributed by atoms with Crippen LogP contribution in [0, 0.1) is 5.92 Å². The van der Waals surface area contributed by atoms with E-state index in [-0.39, 0.29) is 17.9 Å². The summed E-state index contributed by atoms with van der Waals surface area (Å²) in [6, 6.07) is 13.5. The summed E-state index contributed by atoms with van der Waals surface area (Å²) in [4.78, 5) is 15.4. The van der Waals surface area contributed by atoms with Crippen molar-refractivity contribution >= 4 is 33.2 Å². The van der Waals surface area contributed by atoms with Gasteiger partial charge in [0.05, 0.1) is 16.2 Å². The van der Waals surface area contributed by atoms with Crippen LogP contribution in [-0.4, -0.2) is 17.9 Å². The van der Waals surface area contributed by atoms with Crippen LogP contribution >= 0.6 is 27.3 Å². The van der Waals surface area contributed by atoms with E-state index in [1.54, 1.807) is 16.2 Å². The summed E-state index contributed by atoms with van der Waals surface area (Å²) in [6.45, 7) is 2.50. The van der Waals surface area contributed by atoms with E-state index in [9.17, 15) is 4.79 Å². The van der Waals surface area contributed by atoms with Crippen molar-refractivity contribution in [2.75, 3.05) is 7.05 Å². The summed E-state index contributed by atoms with van der Waals surface area (Å²) in [5.41, 5.74) is 7.21. The monoisotopic (exact) mass is 366 g/mol. The highest BCUT2D eigenvalue weighted by Crippen LogP contribution is 2.25. The predicted octanol–water partition coefficient (Wildman–Crippen LogP) is 3.81. The number of nitrogens with zero attached hydrogens (tertiary/aromatic N) is 1. The fraction of sp³-hybridized carbons (Fsp3) is 0.312. The second-order valence-corrected chi connectivity index (χ2v) is 7.67. The first-order chi connectivity index (χ1) is 9.99. The lowest BCUT2D eigenvalue weighted by molar-refractivity contribution is -0.134. The lowest BCUT2D eigenvalue weighted by atomic mass is 9.94. The second kappa shape index (κ2) is 7.20. The molecule has 5 heteroatoms. The van der Waals surface area contributed by atoms with E-state index in [1.165, 1.54) is 0 Å². The Morgan fingerprint density at radius 3 is 2.52 bits per heavy atom. The molecule has 1 aromatic heterocycles. The Morgan fingerprint density at radius 1 is 1.29 bits per heavy atom. The molecular weight excluding hydrogens is 348 g/mol. The van der Waals surface area contributed by atoms with Crippen LogP contribution in [-0.2, 0) is 11.3 Å². The summed E-state index contributed by atoms with van der Waals surface area (Å²) in [7, 11) is 1.82. The highest BCUT2D eigenvalue weighted by atomic mass is 79.9. The van der Waals surface area contributed by atoms with Crippen molar-refractivity contribution in [2.24, 2.45) is 11.7 Å². The van der Waals surface area contributed by atoms with Crippen LogP contribution in [0.3, 0.4) is 0 Å². The molecular formula is C16H19BrN2OS. The van der Waals surface area contributed by atoms with Gasteiger partial charge in [-0.2, -0.15) is 0 Å². The van der Waals surface area contributed by atoms with Crippen LogP contribution in [0.2, 0.25) is 0 Å². The maximum atomic E-state index is 12.5. The molecule has 0 aliphatic rings. The van der Waals surface area contributed by atoms with Crippen LogP contribution in [0.5, 0.6) is 0 Å². The zero-order chi connectivity index (χ0) is 15.4. The molecule has 2 atom stereocenters. The number of amides is 1. The standard InChI is InChI=1S/C16H19BrN2OS/c1-11(15(18)12-6-4-3-5-7-12)16(20)19(2)10-13-8-9-14(17)21-13/h3-9,11,15H,10,18H2,1-2H3. The largest absolute Gasteiger partial charge is 0.340 e. The molecule has 2 unspecified atom stereocenters. The van der Waals surface area contributed by atoms with Crippen molar-refractivity contribution in [3.63, 3.8) is 0 Å². The molecule has 1 heterocycles. The summed E-state index contributed by atoms with van der Waals surface area (Å²) in [5, 5.41) is 0. The third-order valence-corrected chi connectivity index (χ3v) is 5.12. The zero-order valence-corrected chi connectivity index (χ0v) is 14.5. The number of nitrogens with two attached hydrogens (primary N) is 1. The number of rotatable bonds is 5. The molecule has 0 aliphatic carbocycles. The Balaban J connectivity index is 2.01. The minimum atomic E-state index is -0.281. The van der Waals surface area contributed by atoms with E-state index in [1.807, 2.05) is 56.4 Å². The molecule has 112 valence electrons. The van der Waals surface area contributed by atoms with Gasteiger partial charge in [-0.15, -0.1) is 11.3 Å². The van der Waals surface area contributed by atoms with Gasteiger partial charge < -0.3 is 10.6 Å². The van der Waals surface area contributed by atoms with Gasteiger partial charge in [0.2, 0.25) is 5.91 Å². The first-order valence-corrected chi connectivity index (χ1v) is 8.39. The maximum Gasteiger partial charge on any atom is 0.227 e. The number of hydrogen-bond acceptors (Lipinski definition) is 3. The van der Waals surface area contributed by atoms with Gasteiger partial charge in [0, 0.05) is 18.0 Å². The Hall–Kier alpha value is -1.17. The third-order valence-electron chi connectivity index (χ3n) is 3.51. The molecule has 2 N–H and O–H groups in total. The van der Waals surface area contributed by atoms with Crippen molar-refractivity contribution in [3.05, 3.63) is 56.7 Å². The number of halogens is 1. The van der Waals surface area contributed by atoms with E-state index < -0.39 is 0 Å². The van der Waals surface area contributed by atoms with E-state index in [0.717, 1.165) is 14.2 Å². The molecule has 1 aromatic carbocycles. The minimum Gasteiger partial charge on any atom is -0.340 e. The van der Waals surface area contributed by atoms with Crippen LogP contribution in [0.15, 0.2) is 46.3 Å². The number of hydrogen-bond donors (Lipinski definition) is 1. The summed E-state index contributed by atoms with van der Waals surface area (Å²) in [6.07, 6.45) is 0. The van der Waals surface area contributed by atoms with E-state index in [2.05, 4.69) is 15.9 Å². The molecule has 0 spiro atoms. The van der Waals surface area contributed by atoms with Crippen LogP contribution < -0.4 is 5.73 Å². The Bertz CT molecular complexity index is 599. The number of carbonyl (C=O) groups excluding carboxylic acids is 1. The first-order valence-electron chi connectivity index (χ1n) is 6.78. The highest BCUT2D eigenvalue weighted by molar-refractivity contribution is 9.11. The van der Waals surface area contributed by atoms with Crippen LogP contribution in [0.1, 0.15) is 23.4 Å². The van der Waals surface area contributed by atoms with Crippen LogP contribution in [0.4, 0.5) is 0 Å². The summed E-state index contributed by atoms with van der Waals surface area (Å²) < 4.78 is 1.08. The number of benzene rings is 1. The Kier molecular flexibility index (Phi) is 5.56. The SMILES string of the molecule is CC(C(=O)N(C)Cc1ccc(Br)s1)C(N)c1ccccc1. The highest BCUT2D eigenvalue weighted by Gasteiger charge is 2.25. The van der Waals surface area contributed by atoms with Gasteiger partial charge in [-0.3, -0.25) is 4.79 Å². The van der Waals surface area contributed by atoms with Crippen molar-refractivity contribution in [2.45, 2.75) is 19.5 Å². The quantitative estimate of drug-likeness (QED) is 0.874. The third kappa shape index (κ3) is 4.15. The fourth-order valence-electron chi connectivity index (χ4n) is 2.21. The van der Waals surface area contributed by atoms with Crippen molar-refractivity contribution in [1.82, 2.24) is 4.90 Å². The van der Waals surface area contributed by atoms with E-state index >= 15 is 0 Å². The smallest absolute Gasteiger partial charge is 0.227 e. The Morgan fingerprint density at radius 2 is 1.95 bits per heavy atom. The molecule has 0 saturated carbocycles. The molecule has 2 rings (SSSR count). The topological polar surface area (TPSA) is 46.3 Å². The first kappa shape index (κ1) is 16.2. The van der Waals surface area contributed by atoms with Crippen LogP contribution in [0.25, 0.3) is 0 Å². The summed E-state index contributed by atoms with van der Waals surface area (Å²) >= 11 is 5.08. The number of carbonyl (C=O) groups is 1. The van der Waals surface area contributed by atoms with Gasteiger partial charge in [-0.1, -0.05) is 37.3 Å². The number of thiophene rings is 1. The second-order valence-electron chi connectivity index (χ2n) is 5.13. The van der Waals surface area contributed by atoms with Gasteiger partial charge in [-0.05, 0) is 33.6 Å². The molecule has 0 bridgehead atoms. The summed E-state index contributed by atoms with van der Waals surface area (Å²) in [5.74, 6) is -0.184.